The fourth-order valence-electron chi connectivity index (χ4n) is 6.83. The van der Waals surface area contributed by atoms with Gasteiger partial charge in [0.2, 0.25) is 0 Å². The van der Waals surface area contributed by atoms with Crippen LogP contribution in [0.4, 0.5) is 10.6 Å². The van der Waals surface area contributed by atoms with E-state index in [1.165, 1.54) is 0 Å². The number of rotatable bonds is 3. The normalized spacial score (nSPS) is 32.6. The first-order valence-corrected chi connectivity index (χ1v) is 12.7. The van der Waals surface area contributed by atoms with Gasteiger partial charge in [0.15, 0.2) is 0 Å². The maximum absolute atomic E-state index is 13.2. The minimum atomic E-state index is -0.511. The predicted molar refractivity (Wildman–Crippen MR) is 129 cm³/mol. The zero-order valence-corrected chi connectivity index (χ0v) is 20.8. The Morgan fingerprint density at radius 3 is 2.32 bits per heavy atom. The summed E-state index contributed by atoms with van der Waals surface area (Å²) in [7, 11) is 0. The molecule has 5 aliphatic rings. The van der Waals surface area contributed by atoms with Crippen molar-refractivity contribution in [3.63, 3.8) is 0 Å². The molecule has 4 bridgehead atoms. The molecule has 2 unspecified atom stereocenters. The van der Waals surface area contributed by atoms with Crippen LogP contribution in [0.25, 0.3) is 0 Å². The van der Waals surface area contributed by atoms with Crippen LogP contribution in [0.5, 0.6) is 0 Å². The van der Waals surface area contributed by atoms with Crippen molar-refractivity contribution in [1.29, 1.82) is 0 Å². The Hall–Kier alpha value is -2.35. The van der Waals surface area contributed by atoms with Gasteiger partial charge in [-0.1, -0.05) is 6.07 Å². The molecule has 4 saturated carbocycles. The summed E-state index contributed by atoms with van der Waals surface area (Å²) in [6, 6.07) is 3.89. The Labute approximate surface area is 202 Å². The van der Waals surface area contributed by atoms with E-state index in [1.807, 2.05) is 33.8 Å². The van der Waals surface area contributed by atoms with Crippen molar-refractivity contribution < 1.29 is 19.4 Å². The van der Waals surface area contributed by atoms with Gasteiger partial charge in [-0.15, -0.1) is 0 Å². The minimum Gasteiger partial charge on any atom is -0.444 e. The van der Waals surface area contributed by atoms with Crippen molar-refractivity contribution in [2.75, 3.05) is 31.1 Å². The number of piperazine rings is 1. The molecule has 1 saturated heterocycles. The maximum atomic E-state index is 13.2. The number of amides is 2. The topological polar surface area (TPSA) is 95.0 Å². The van der Waals surface area contributed by atoms with E-state index < -0.39 is 11.2 Å². The first-order chi connectivity index (χ1) is 16.0. The first kappa shape index (κ1) is 23.4. The summed E-state index contributed by atoms with van der Waals surface area (Å²) in [5.41, 5.74) is 0.430. The number of pyridine rings is 1. The average molecular weight is 471 g/mol. The number of anilines is 1. The standard InChI is InChI=1S/C26H38N4O4/c1-16-5-6-20(23(31)28-21-18-11-17-12-19(21)15-26(33,13-17)14-18)27-22(16)29-7-9-30(10-8-29)24(32)34-25(2,3)4/h5-6,17-19,21,33H,7-15H2,1-4H3,(H,28,31). The lowest BCUT2D eigenvalue weighted by atomic mass is 9.52. The SMILES string of the molecule is Cc1ccc(C(=O)NC2C3CC4CC2CC(O)(C4)C3)nc1N1CCN(C(=O)OC(C)(C)C)CC1. The Morgan fingerprint density at radius 1 is 1.09 bits per heavy atom. The third-order valence-electron chi connectivity index (χ3n) is 8.07. The smallest absolute Gasteiger partial charge is 0.410 e. The lowest BCUT2D eigenvalue weighted by Gasteiger charge is -2.58. The summed E-state index contributed by atoms with van der Waals surface area (Å²) in [5, 5.41) is 14.1. The Kier molecular flexibility index (Phi) is 5.78. The van der Waals surface area contributed by atoms with E-state index in [2.05, 4.69) is 10.2 Å². The van der Waals surface area contributed by atoms with Gasteiger partial charge in [-0.3, -0.25) is 4.79 Å². The molecule has 0 aromatic carbocycles. The summed E-state index contributed by atoms with van der Waals surface area (Å²) < 4.78 is 5.50. The minimum absolute atomic E-state index is 0.127. The quantitative estimate of drug-likeness (QED) is 0.705. The number of carbonyl (C=O) groups excluding carboxylic acids is 2. The van der Waals surface area contributed by atoms with Crippen molar-refractivity contribution >= 4 is 17.8 Å². The van der Waals surface area contributed by atoms with Crippen LogP contribution in [0.1, 0.15) is 68.9 Å². The number of aryl methyl sites for hydroxylation is 1. The molecule has 0 radical (unpaired) electrons. The summed E-state index contributed by atoms with van der Waals surface area (Å²) >= 11 is 0. The molecule has 1 aliphatic heterocycles. The van der Waals surface area contributed by atoms with Crippen LogP contribution in [-0.2, 0) is 4.74 Å². The van der Waals surface area contributed by atoms with Gasteiger partial charge in [-0.25, -0.2) is 9.78 Å². The van der Waals surface area contributed by atoms with Gasteiger partial charge in [0, 0.05) is 32.2 Å². The molecule has 2 atom stereocenters. The summed E-state index contributed by atoms with van der Waals surface area (Å²) in [5.74, 6) is 2.02. The number of nitrogens with one attached hydrogen (secondary N) is 1. The number of hydrogen-bond donors (Lipinski definition) is 2. The number of aliphatic hydroxyl groups is 1. The van der Waals surface area contributed by atoms with E-state index >= 15 is 0 Å². The number of hydrogen-bond acceptors (Lipinski definition) is 6. The highest BCUT2D eigenvalue weighted by atomic mass is 16.6. The fourth-order valence-corrected chi connectivity index (χ4v) is 6.83. The van der Waals surface area contributed by atoms with Crippen LogP contribution in [0.3, 0.4) is 0 Å². The van der Waals surface area contributed by atoms with Gasteiger partial charge in [0.1, 0.15) is 17.1 Å². The maximum Gasteiger partial charge on any atom is 0.410 e. The highest BCUT2D eigenvalue weighted by Crippen LogP contribution is 2.55. The molecule has 2 heterocycles. The van der Waals surface area contributed by atoms with Crippen LogP contribution in [0.2, 0.25) is 0 Å². The molecule has 8 heteroatoms. The lowest BCUT2D eigenvalue weighted by Crippen LogP contribution is -2.61. The number of ether oxygens (including phenoxy) is 1. The van der Waals surface area contributed by atoms with Crippen LogP contribution in [0, 0.1) is 24.7 Å². The molecule has 6 rings (SSSR count). The third kappa shape index (κ3) is 4.61. The highest BCUT2D eigenvalue weighted by molar-refractivity contribution is 5.93. The molecule has 186 valence electrons. The number of aromatic nitrogens is 1. The predicted octanol–water partition coefficient (Wildman–Crippen LogP) is 3.12. The molecule has 8 nitrogen and oxygen atoms in total. The second-order valence-electron chi connectivity index (χ2n) is 12.0. The second-order valence-corrected chi connectivity index (χ2v) is 12.0. The lowest BCUT2D eigenvalue weighted by molar-refractivity contribution is -0.136. The Balaban J connectivity index is 1.23. The number of nitrogens with zero attached hydrogens (tertiary/aromatic N) is 3. The van der Waals surface area contributed by atoms with Crippen molar-refractivity contribution in [3.8, 4) is 0 Å². The van der Waals surface area contributed by atoms with Gasteiger partial charge in [0.25, 0.3) is 5.91 Å². The summed E-state index contributed by atoms with van der Waals surface area (Å²) in [6.45, 7) is 10.0. The van der Waals surface area contributed by atoms with Crippen molar-refractivity contribution in [1.82, 2.24) is 15.2 Å². The van der Waals surface area contributed by atoms with Crippen LogP contribution < -0.4 is 10.2 Å². The van der Waals surface area contributed by atoms with Crippen LogP contribution in [-0.4, -0.2) is 70.4 Å². The van der Waals surface area contributed by atoms with Gasteiger partial charge < -0.3 is 25.0 Å². The highest BCUT2D eigenvalue weighted by Gasteiger charge is 2.55. The second kappa shape index (κ2) is 8.40. The molecular formula is C26H38N4O4. The fraction of sp³-hybridized carbons (Fsp3) is 0.731. The molecule has 1 aromatic heterocycles. The van der Waals surface area contributed by atoms with Crippen molar-refractivity contribution in [2.24, 2.45) is 17.8 Å². The monoisotopic (exact) mass is 470 g/mol. The van der Waals surface area contributed by atoms with Crippen molar-refractivity contribution in [3.05, 3.63) is 23.4 Å². The third-order valence-corrected chi connectivity index (χ3v) is 8.07. The van der Waals surface area contributed by atoms with Gasteiger partial charge in [-0.05, 0) is 89.2 Å². The molecular weight excluding hydrogens is 432 g/mol. The Morgan fingerprint density at radius 2 is 1.74 bits per heavy atom. The van der Waals surface area contributed by atoms with Crippen molar-refractivity contribution in [2.45, 2.75) is 77.0 Å². The number of carbonyl (C=O) groups is 2. The van der Waals surface area contributed by atoms with Crippen LogP contribution in [0.15, 0.2) is 12.1 Å². The zero-order valence-electron chi connectivity index (χ0n) is 20.8. The zero-order chi connectivity index (χ0) is 24.3. The largest absolute Gasteiger partial charge is 0.444 e. The Bertz CT molecular complexity index is 950. The van der Waals surface area contributed by atoms with E-state index in [-0.39, 0.29) is 18.0 Å². The molecule has 2 N–H and O–H groups in total. The molecule has 1 aromatic rings. The van der Waals surface area contributed by atoms with Crippen LogP contribution >= 0.6 is 0 Å². The molecule has 0 spiro atoms. The average Bonchev–Trinajstić information content (AvgIpc) is 2.74. The van der Waals surface area contributed by atoms with E-state index in [0.717, 1.165) is 43.5 Å². The first-order valence-electron chi connectivity index (χ1n) is 12.7. The van der Waals surface area contributed by atoms with Gasteiger partial charge in [-0.2, -0.15) is 0 Å². The summed E-state index contributed by atoms with van der Waals surface area (Å²) in [6.07, 6.45) is 4.48. The molecule has 4 aliphatic carbocycles. The van der Waals surface area contributed by atoms with Gasteiger partial charge in [0.05, 0.1) is 5.60 Å². The van der Waals surface area contributed by atoms with Gasteiger partial charge >= 0.3 is 6.09 Å². The summed E-state index contributed by atoms with van der Waals surface area (Å²) in [4.78, 5) is 34.2. The van der Waals surface area contributed by atoms with E-state index in [1.54, 1.807) is 11.0 Å². The van der Waals surface area contributed by atoms with E-state index in [9.17, 15) is 14.7 Å². The molecule has 5 fully saturated rings. The van der Waals surface area contributed by atoms with E-state index in [4.69, 9.17) is 9.72 Å². The van der Waals surface area contributed by atoms with E-state index in [0.29, 0.717) is 49.6 Å². The molecule has 2 amide bonds. The molecule has 34 heavy (non-hydrogen) atoms.